The van der Waals surface area contributed by atoms with Crippen LogP contribution in [0.1, 0.15) is 12.0 Å². The molecular weight excluding hydrogens is 325 g/mol. The quantitative estimate of drug-likeness (QED) is 0.449. The molecule has 2 aromatic carbocycles. The van der Waals surface area contributed by atoms with Crippen LogP contribution in [0.5, 0.6) is 0 Å². The van der Waals surface area contributed by atoms with Gasteiger partial charge in [0.1, 0.15) is 0 Å². The molecule has 0 unspecified atom stereocenters. The molecule has 0 bridgehead atoms. The van der Waals surface area contributed by atoms with Crippen LogP contribution in [0.25, 0.3) is 33.5 Å². The number of alkyl halides is 1. The Labute approximate surface area is 151 Å². The van der Waals surface area contributed by atoms with E-state index in [1.165, 1.54) is 0 Å². The number of halogens is 1. The second-order valence-electron chi connectivity index (χ2n) is 6.06. The molecular formula is C22H18FN3. The number of benzene rings is 2. The number of hydrogen-bond acceptors (Lipinski definition) is 2. The van der Waals surface area contributed by atoms with Crippen molar-refractivity contribution in [1.29, 1.82) is 0 Å². The van der Waals surface area contributed by atoms with Crippen molar-refractivity contribution in [3.8, 4) is 11.1 Å². The SMILES string of the molecule is C=C/C=C(/CCF)c1ccc(-c2cnc3nc4ccccc4n3c2)cc1. The van der Waals surface area contributed by atoms with E-state index in [-0.39, 0.29) is 6.67 Å². The summed E-state index contributed by atoms with van der Waals surface area (Å²) < 4.78 is 14.8. The van der Waals surface area contributed by atoms with Gasteiger partial charge in [-0.3, -0.25) is 8.79 Å². The molecule has 0 saturated heterocycles. The number of imidazole rings is 1. The molecule has 0 atom stereocenters. The average Bonchev–Trinajstić information content (AvgIpc) is 3.06. The third-order valence-corrected chi connectivity index (χ3v) is 4.44. The van der Waals surface area contributed by atoms with E-state index in [1.807, 2.05) is 65.2 Å². The molecule has 128 valence electrons. The van der Waals surface area contributed by atoms with Gasteiger partial charge in [-0.25, -0.2) is 9.97 Å². The molecule has 0 aliphatic heterocycles. The Morgan fingerprint density at radius 1 is 1.08 bits per heavy atom. The zero-order valence-electron chi connectivity index (χ0n) is 14.3. The summed E-state index contributed by atoms with van der Waals surface area (Å²) >= 11 is 0. The van der Waals surface area contributed by atoms with Crippen molar-refractivity contribution in [3.05, 3.63) is 85.2 Å². The highest BCUT2D eigenvalue weighted by Crippen LogP contribution is 2.25. The Morgan fingerprint density at radius 2 is 1.88 bits per heavy atom. The van der Waals surface area contributed by atoms with Crippen molar-refractivity contribution in [2.24, 2.45) is 0 Å². The fraction of sp³-hybridized carbons (Fsp3) is 0.0909. The van der Waals surface area contributed by atoms with Crippen LogP contribution in [-0.4, -0.2) is 21.0 Å². The summed E-state index contributed by atoms with van der Waals surface area (Å²) in [5, 5.41) is 0. The molecule has 0 amide bonds. The van der Waals surface area contributed by atoms with Crippen LogP contribution in [0.2, 0.25) is 0 Å². The van der Waals surface area contributed by atoms with E-state index >= 15 is 0 Å². The van der Waals surface area contributed by atoms with E-state index in [9.17, 15) is 4.39 Å². The van der Waals surface area contributed by atoms with Gasteiger partial charge in [-0.05, 0) is 28.8 Å². The Hall–Kier alpha value is -3.27. The van der Waals surface area contributed by atoms with Crippen LogP contribution in [0, 0.1) is 0 Å². The third kappa shape index (κ3) is 2.90. The number of hydrogen-bond donors (Lipinski definition) is 0. The largest absolute Gasteiger partial charge is 0.283 e. The van der Waals surface area contributed by atoms with Crippen LogP contribution in [0.15, 0.2) is 79.7 Å². The van der Waals surface area contributed by atoms with Crippen LogP contribution in [-0.2, 0) is 0 Å². The minimum Gasteiger partial charge on any atom is -0.283 e. The van der Waals surface area contributed by atoms with E-state index in [0.29, 0.717) is 12.2 Å². The molecule has 0 saturated carbocycles. The van der Waals surface area contributed by atoms with E-state index in [2.05, 4.69) is 22.7 Å². The first-order chi connectivity index (χ1) is 12.8. The van der Waals surface area contributed by atoms with E-state index in [0.717, 1.165) is 33.3 Å². The molecule has 0 spiro atoms. The van der Waals surface area contributed by atoms with Crippen molar-refractivity contribution < 1.29 is 4.39 Å². The van der Waals surface area contributed by atoms with Gasteiger partial charge in [-0.2, -0.15) is 0 Å². The van der Waals surface area contributed by atoms with E-state index in [1.54, 1.807) is 6.08 Å². The van der Waals surface area contributed by atoms with Crippen LogP contribution in [0.4, 0.5) is 4.39 Å². The van der Waals surface area contributed by atoms with Crippen molar-refractivity contribution in [2.45, 2.75) is 6.42 Å². The molecule has 0 radical (unpaired) electrons. The van der Waals surface area contributed by atoms with Crippen LogP contribution >= 0.6 is 0 Å². The zero-order chi connectivity index (χ0) is 17.9. The molecule has 0 fully saturated rings. The van der Waals surface area contributed by atoms with Gasteiger partial charge in [0, 0.05) is 24.4 Å². The lowest BCUT2D eigenvalue weighted by Crippen LogP contribution is -1.91. The normalized spacial score (nSPS) is 12.0. The van der Waals surface area contributed by atoms with Gasteiger partial charge in [0.25, 0.3) is 0 Å². The monoisotopic (exact) mass is 343 g/mol. The highest BCUT2D eigenvalue weighted by Gasteiger charge is 2.07. The zero-order valence-corrected chi connectivity index (χ0v) is 14.3. The van der Waals surface area contributed by atoms with Crippen molar-refractivity contribution >= 4 is 22.4 Å². The first-order valence-electron chi connectivity index (χ1n) is 8.51. The van der Waals surface area contributed by atoms with Gasteiger partial charge in [-0.15, -0.1) is 0 Å². The van der Waals surface area contributed by atoms with Gasteiger partial charge < -0.3 is 0 Å². The summed E-state index contributed by atoms with van der Waals surface area (Å²) in [6.07, 6.45) is 7.83. The van der Waals surface area contributed by atoms with E-state index in [4.69, 9.17) is 0 Å². The number of para-hydroxylation sites is 2. The summed E-state index contributed by atoms with van der Waals surface area (Å²) in [6.45, 7) is 3.33. The molecule has 4 aromatic rings. The summed E-state index contributed by atoms with van der Waals surface area (Å²) in [5.74, 6) is 0.686. The minimum atomic E-state index is -0.379. The Balaban J connectivity index is 1.74. The fourth-order valence-corrected chi connectivity index (χ4v) is 3.14. The molecule has 0 aliphatic rings. The molecule has 4 rings (SSSR count). The predicted octanol–water partition coefficient (Wildman–Crippen LogP) is 5.48. The summed E-state index contributed by atoms with van der Waals surface area (Å²) in [4.78, 5) is 9.02. The Morgan fingerprint density at radius 3 is 2.65 bits per heavy atom. The smallest absolute Gasteiger partial charge is 0.234 e. The van der Waals surface area contributed by atoms with Crippen molar-refractivity contribution in [1.82, 2.24) is 14.4 Å². The maximum absolute atomic E-state index is 12.7. The first-order valence-corrected chi connectivity index (χ1v) is 8.51. The Kier molecular flexibility index (Phi) is 4.32. The van der Waals surface area contributed by atoms with Gasteiger partial charge >= 0.3 is 0 Å². The summed E-state index contributed by atoms with van der Waals surface area (Å²) in [6, 6.07) is 16.1. The standard InChI is InChI=1S/C22H18FN3/c1-2-5-16(12-13-23)17-8-10-18(11-9-17)19-14-24-22-25-20-6-3-4-7-21(20)26(22)15-19/h2-11,14-15H,1,12-13H2/b16-5-. The molecule has 2 heterocycles. The highest BCUT2D eigenvalue weighted by atomic mass is 19.1. The third-order valence-electron chi connectivity index (χ3n) is 4.44. The van der Waals surface area contributed by atoms with Gasteiger partial charge in [0.15, 0.2) is 0 Å². The maximum Gasteiger partial charge on any atom is 0.234 e. The van der Waals surface area contributed by atoms with Gasteiger partial charge in [0.2, 0.25) is 5.78 Å². The minimum absolute atomic E-state index is 0.379. The molecule has 0 aliphatic carbocycles. The molecule has 0 N–H and O–H groups in total. The van der Waals surface area contributed by atoms with Gasteiger partial charge in [-0.1, -0.05) is 55.1 Å². The Bertz CT molecular complexity index is 1110. The van der Waals surface area contributed by atoms with Crippen LogP contribution in [0.3, 0.4) is 0 Å². The lowest BCUT2D eigenvalue weighted by atomic mass is 9.99. The second-order valence-corrected chi connectivity index (χ2v) is 6.06. The lowest BCUT2D eigenvalue weighted by Gasteiger charge is -2.07. The average molecular weight is 343 g/mol. The van der Waals surface area contributed by atoms with Crippen molar-refractivity contribution in [2.75, 3.05) is 6.67 Å². The lowest BCUT2D eigenvalue weighted by molar-refractivity contribution is 0.505. The number of allylic oxidation sites excluding steroid dienone is 3. The summed E-state index contributed by atoms with van der Waals surface area (Å²) in [7, 11) is 0. The van der Waals surface area contributed by atoms with Crippen molar-refractivity contribution in [3.63, 3.8) is 0 Å². The van der Waals surface area contributed by atoms with Gasteiger partial charge in [0.05, 0.1) is 17.7 Å². The van der Waals surface area contributed by atoms with Crippen LogP contribution < -0.4 is 0 Å². The predicted molar refractivity (Wildman–Crippen MR) is 105 cm³/mol. The molecule has 3 nitrogen and oxygen atoms in total. The van der Waals surface area contributed by atoms with E-state index < -0.39 is 0 Å². The molecule has 2 aromatic heterocycles. The molecule has 4 heteroatoms. The fourth-order valence-electron chi connectivity index (χ4n) is 3.14. The number of nitrogens with zero attached hydrogens (tertiary/aromatic N) is 3. The first kappa shape index (κ1) is 16.2. The summed E-state index contributed by atoms with van der Waals surface area (Å²) in [5.41, 5.74) is 5.98. The number of fused-ring (bicyclic) bond motifs is 3. The number of rotatable bonds is 5. The number of aromatic nitrogens is 3. The topological polar surface area (TPSA) is 30.2 Å². The highest BCUT2D eigenvalue weighted by molar-refractivity contribution is 5.80. The second kappa shape index (κ2) is 6.92. The maximum atomic E-state index is 12.7. The molecule has 26 heavy (non-hydrogen) atoms.